The average molecular weight is 429 g/mol. The normalized spacial score (nSPS) is 10.6. The Hall–Kier alpha value is -4.13. The van der Waals surface area contributed by atoms with Gasteiger partial charge in [0, 0.05) is 47.7 Å². The summed E-state index contributed by atoms with van der Waals surface area (Å²) in [4.78, 5) is 21.2. The molecule has 0 atom stereocenters. The highest BCUT2D eigenvalue weighted by atomic mass is 16.5. The Bertz CT molecular complexity index is 1260. The van der Waals surface area contributed by atoms with E-state index in [2.05, 4.69) is 15.3 Å². The van der Waals surface area contributed by atoms with E-state index in [9.17, 15) is 4.79 Å². The molecule has 1 N–H and O–H groups in total. The Morgan fingerprint density at radius 3 is 2.41 bits per heavy atom. The molecule has 2 heterocycles. The lowest BCUT2D eigenvalue weighted by atomic mass is 10.1. The highest BCUT2D eigenvalue weighted by molar-refractivity contribution is 5.96. The predicted molar refractivity (Wildman–Crippen MR) is 122 cm³/mol. The molecule has 0 unspecified atom stereocenters. The minimum absolute atomic E-state index is 0.171. The molecule has 32 heavy (non-hydrogen) atoms. The molecule has 0 spiro atoms. The van der Waals surface area contributed by atoms with Crippen LogP contribution in [0.15, 0.2) is 67.1 Å². The number of fused-ring (bicyclic) bond motifs is 1. The first-order chi connectivity index (χ1) is 15.6. The molecule has 0 saturated carbocycles. The summed E-state index contributed by atoms with van der Waals surface area (Å²) < 4.78 is 17.0. The number of pyridine rings is 2. The third-order valence-electron chi connectivity index (χ3n) is 5.16. The zero-order chi connectivity index (χ0) is 22.5. The number of benzene rings is 2. The van der Waals surface area contributed by atoms with Crippen LogP contribution in [0.25, 0.3) is 10.9 Å². The van der Waals surface area contributed by atoms with E-state index in [1.165, 1.54) is 0 Å². The van der Waals surface area contributed by atoms with Gasteiger partial charge >= 0.3 is 0 Å². The second kappa shape index (κ2) is 9.34. The zero-order valence-electron chi connectivity index (χ0n) is 18.1. The zero-order valence-corrected chi connectivity index (χ0v) is 18.1. The van der Waals surface area contributed by atoms with Gasteiger partial charge in [-0.15, -0.1) is 0 Å². The fraction of sp³-hybridized carbons (Fsp3) is 0.160. The van der Waals surface area contributed by atoms with Crippen molar-refractivity contribution in [1.29, 1.82) is 0 Å². The Kier molecular flexibility index (Phi) is 6.17. The van der Waals surface area contributed by atoms with E-state index < -0.39 is 0 Å². The van der Waals surface area contributed by atoms with E-state index in [1.54, 1.807) is 57.1 Å². The van der Waals surface area contributed by atoms with Crippen LogP contribution in [0.2, 0.25) is 0 Å². The van der Waals surface area contributed by atoms with Crippen molar-refractivity contribution in [3.63, 3.8) is 0 Å². The minimum atomic E-state index is -0.171. The van der Waals surface area contributed by atoms with Gasteiger partial charge in [0.05, 0.1) is 19.7 Å². The van der Waals surface area contributed by atoms with Crippen molar-refractivity contribution in [3.05, 3.63) is 83.8 Å². The van der Waals surface area contributed by atoms with Gasteiger partial charge in [0.1, 0.15) is 11.5 Å². The van der Waals surface area contributed by atoms with E-state index in [4.69, 9.17) is 14.2 Å². The molecular formula is C25H23N3O4. The second-order valence-corrected chi connectivity index (χ2v) is 7.10. The van der Waals surface area contributed by atoms with Crippen LogP contribution in [0.1, 0.15) is 21.5 Å². The van der Waals surface area contributed by atoms with Crippen LogP contribution in [0, 0.1) is 6.92 Å². The van der Waals surface area contributed by atoms with Crippen molar-refractivity contribution in [3.8, 4) is 23.0 Å². The Morgan fingerprint density at radius 1 is 0.906 bits per heavy atom. The molecule has 0 aliphatic heterocycles. The maximum absolute atomic E-state index is 12.8. The van der Waals surface area contributed by atoms with Crippen LogP contribution < -0.4 is 19.5 Å². The molecule has 7 nitrogen and oxygen atoms in total. The highest BCUT2D eigenvalue weighted by Gasteiger charge is 2.15. The number of rotatable bonds is 7. The number of carbonyl (C=O) groups is 1. The molecule has 1 amide bonds. The number of hydrogen-bond donors (Lipinski definition) is 1. The average Bonchev–Trinajstić information content (AvgIpc) is 2.83. The fourth-order valence-electron chi connectivity index (χ4n) is 3.40. The Balaban J connectivity index is 1.61. The summed E-state index contributed by atoms with van der Waals surface area (Å²) in [5.74, 6) is 2.19. The van der Waals surface area contributed by atoms with Gasteiger partial charge in [-0.3, -0.25) is 14.8 Å². The van der Waals surface area contributed by atoms with Crippen molar-refractivity contribution in [2.75, 3.05) is 14.2 Å². The number of hydrogen-bond acceptors (Lipinski definition) is 6. The molecule has 0 aliphatic rings. The molecule has 0 radical (unpaired) electrons. The quantitative estimate of drug-likeness (QED) is 0.459. The summed E-state index contributed by atoms with van der Waals surface area (Å²) in [6.07, 6.45) is 5.07. The molecule has 4 rings (SSSR count). The van der Waals surface area contributed by atoms with Crippen LogP contribution in [-0.4, -0.2) is 30.1 Å². The number of amides is 1. The lowest BCUT2D eigenvalue weighted by Gasteiger charge is -2.15. The number of methoxy groups -OCH3 is 2. The van der Waals surface area contributed by atoms with Crippen LogP contribution >= 0.6 is 0 Å². The minimum Gasteiger partial charge on any atom is -0.493 e. The fourth-order valence-corrected chi connectivity index (χ4v) is 3.40. The number of carbonyl (C=O) groups excluding carboxylic acids is 1. The van der Waals surface area contributed by atoms with Gasteiger partial charge in [-0.2, -0.15) is 0 Å². The van der Waals surface area contributed by atoms with Gasteiger partial charge in [0.25, 0.3) is 5.91 Å². The van der Waals surface area contributed by atoms with Crippen molar-refractivity contribution in [1.82, 2.24) is 15.3 Å². The third kappa shape index (κ3) is 4.32. The van der Waals surface area contributed by atoms with Crippen molar-refractivity contribution in [2.24, 2.45) is 0 Å². The SMILES string of the molecule is COc1cc2nccc(Oc3cccc(C(=O)NCc4ccncc4)c3C)c2cc1OC. The van der Waals surface area contributed by atoms with Crippen molar-refractivity contribution < 1.29 is 19.0 Å². The predicted octanol–water partition coefficient (Wildman–Crippen LogP) is 4.68. The molecule has 0 aliphatic carbocycles. The monoisotopic (exact) mass is 429 g/mol. The summed E-state index contributed by atoms with van der Waals surface area (Å²) in [6, 6.07) is 14.6. The smallest absolute Gasteiger partial charge is 0.251 e. The first-order valence-corrected chi connectivity index (χ1v) is 10.1. The Morgan fingerprint density at radius 2 is 1.66 bits per heavy atom. The maximum Gasteiger partial charge on any atom is 0.251 e. The van der Waals surface area contributed by atoms with Gasteiger partial charge in [-0.05, 0) is 48.9 Å². The highest BCUT2D eigenvalue weighted by Crippen LogP contribution is 2.37. The Labute approximate surface area is 186 Å². The first-order valence-electron chi connectivity index (χ1n) is 10.1. The largest absolute Gasteiger partial charge is 0.493 e. The second-order valence-electron chi connectivity index (χ2n) is 7.10. The van der Waals surface area contributed by atoms with Gasteiger partial charge in [0.15, 0.2) is 11.5 Å². The number of nitrogens with one attached hydrogen (secondary N) is 1. The van der Waals surface area contributed by atoms with Crippen LogP contribution in [-0.2, 0) is 6.54 Å². The summed E-state index contributed by atoms with van der Waals surface area (Å²) >= 11 is 0. The number of nitrogens with zero attached hydrogens (tertiary/aromatic N) is 2. The summed E-state index contributed by atoms with van der Waals surface area (Å²) in [5.41, 5.74) is 2.98. The van der Waals surface area contributed by atoms with Gasteiger partial charge in [-0.1, -0.05) is 6.07 Å². The van der Waals surface area contributed by atoms with Gasteiger partial charge in [-0.25, -0.2) is 0 Å². The molecular weight excluding hydrogens is 406 g/mol. The number of ether oxygens (including phenoxy) is 3. The summed E-state index contributed by atoms with van der Waals surface area (Å²) in [5, 5.41) is 3.72. The van der Waals surface area contributed by atoms with Crippen LogP contribution in [0.3, 0.4) is 0 Å². The summed E-state index contributed by atoms with van der Waals surface area (Å²) in [7, 11) is 3.16. The van der Waals surface area contributed by atoms with E-state index >= 15 is 0 Å². The van der Waals surface area contributed by atoms with Gasteiger partial charge < -0.3 is 19.5 Å². The van der Waals surface area contributed by atoms with Gasteiger partial charge in [0.2, 0.25) is 0 Å². The molecule has 0 bridgehead atoms. The maximum atomic E-state index is 12.8. The molecule has 162 valence electrons. The lowest BCUT2D eigenvalue weighted by molar-refractivity contribution is 0.0950. The lowest BCUT2D eigenvalue weighted by Crippen LogP contribution is -2.23. The molecule has 7 heteroatoms. The van der Waals surface area contributed by atoms with Crippen LogP contribution in [0.5, 0.6) is 23.0 Å². The molecule has 2 aromatic heterocycles. The van der Waals surface area contributed by atoms with E-state index in [-0.39, 0.29) is 5.91 Å². The first kappa shape index (κ1) is 21.1. The molecule has 2 aromatic carbocycles. The third-order valence-corrected chi connectivity index (χ3v) is 5.16. The molecule has 0 fully saturated rings. The number of aromatic nitrogens is 2. The molecule has 4 aromatic rings. The van der Waals surface area contributed by atoms with Crippen molar-refractivity contribution in [2.45, 2.75) is 13.5 Å². The topological polar surface area (TPSA) is 82.6 Å². The van der Waals surface area contributed by atoms with Crippen molar-refractivity contribution >= 4 is 16.8 Å². The molecule has 0 saturated heterocycles. The van der Waals surface area contributed by atoms with E-state index in [1.807, 2.05) is 31.2 Å². The van der Waals surface area contributed by atoms with E-state index in [0.29, 0.717) is 40.6 Å². The standard InChI is InChI=1S/C25H23N3O4/c1-16-18(25(29)28-15-17-7-10-26-11-8-17)5-4-6-21(16)32-22-9-12-27-20-14-24(31-3)23(30-2)13-19(20)22/h4-14H,15H2,1-3H3,(H,28,29). The summed E-state index contributed by atoms with van der Waals surface area (Å²) in [6.45, 7) is 2.28. The van der Waals surface area contributed by atoms with E-state index in [0.717, 1.165) is 16.5 Å². The van der Waals surface area contributed by atoms with Crippen LogP contribution in [0.4, 0.5) is 0 Å².